The molecule has 0 saturated carbocycles. The molecule has 0 aliphatic carbocycles. The Kier molecular flexibility index (Phi) is 5.11. The largest absolute Gasteiger partial charge is 0.466 e. The molecule has 0 aliphatic heterocycles. The second kappa shape index (κ2) is 6.37. The second-order valence-electron chi connectivity index (χ2n) is 3.39. The SMILES string of the molecule is CCOC(=O)Cc1cc(C(F)F)c(Cl)nc1[N+](=O)[O-]. The molecular formula is C10H9ClF2N2O4. The van der Waals surface area contributed by atoms with Crippen molar-refractivity contribution in [1.29, 1.82) is 0 Å². The highest BCUT2D eigenvalue weighted by atomic mass is 35.5. The van der Waals surface area contributed by atoms with Gasteiger partial charge in [0.15, 0.2) is 0 Å². The molecule has 0 fully saturated rings. The number of carbonyl (C=O) groups excluding carboxylic acids is 1. The molecule has 19 heavy (non-hydrogen) atoms. The summed E-state index contributed by atoms with van der Waals surface area (Å²) in [7, 11) is 0. The lowest BCUT2D eigenvalue weighted by atomic mass is 10.1. The summed E-state index contributed by atoms with van der Waals surface area (Å²) in [5, 5.41) is 10.1. The van der Waals surface area contributed by atoms with Gasteiger partial charge in [0.1, 0.15) is 0 Å². The van der Waals surface area contributed by atoms with Crippen LogP contribution >= 0.6 is 11.6 Å². The van der Waals surface area contributed by atoms with Gasteiger partial charge < -0.3 is 14.9 Å². The van der Waals surface area contributed by atoms with E-state index < -0.39 is 40.3 Å². The van der Waals surface area contributed by atoms with Crippen LogP contribution in [-0.4, -0.2) is 22.5 Å². The molecule has 0 N–H and O–H groups in total. The summed E-state index contributed by atoms with van der Waals surface area (Å²) < 4.78 is 29.8. The summed E-state index contributed by atoms with van der Waals surface area (Å²) in [6.07, 6.45) is -3.46. The minimum Gasteiger partial charge on any atom is -0.466 e. The smallest absolute Gasteiger partial charge is 0.368 e. The molecule has 0 bridgehead atoms. The number of aromatic nitrogens is 1. The van der Waals surface area contributed by atoms with Crippen LogP contribution in [0.1, 0.15) is 24.5 Å². The Labute approximate surface area is 111 Å². The third-order valence-electron chi connectivity index (χ3n) is 2.11. The maximum Gasteiger partial charge on any atom is 0.368 e. The summed E-state index contributed by atoms with van der Waals surface area (Å²) in [5.74, 6) is -1.50. The molecule has 0 unspecified atom stereocenters. The number of hydrogen-bond donors (Lipinski definition) is 0. The lowest BCUT2D eigenvalue weighted by Gasteiger charge is -2.06. The van der Waals surface area contributed by atoms with Crippen molar-refractivity contribution < 1.29 is 23.2 Å². The zero-order chi connectivity index (χ0) is 14.6. The van der Waals surface area contributed by atoms with Crippen molar-refractivity contribution in [2.24, 2.45) is 0 Å². The van der Waals surface area contributed by atoms with Gasteiger partial charge in [-0.1, -0.05) is 0 Å². The Morgan fingerprint density at radius 3 is 2.74 bits per heavy atom. The first-order valence-corrected chi connectivity index (χ1v) is 5.52. The van der Waals surface area contributed by atoms with E-state index in [1.54, 1.807) is 6.92 Å². The van der Waals surface area contributed by atoms with Crippen molar-refractivity contribution >= 4 is 23.4 Å². The van der Waals surface area contributed by atoms with Crippen LogP contribution in [0.25, 0.3) is 0 Å². The maximum atomic E-state index is 12.6. The number of pyridine rings is 1. The number of rotatable bonds is 5. The highest BCUT2D eigenvalue weighted by molar-refractivity contribution is 6.30. The molecule has 1 rings (SSSR count). The Balaban J connectivity index is 3.21. The lowest BCUT2D eigenvalue weighted by molar-refractivity contribution is -0.390. The molecule has 104 valence electrons. The van der Waals surface area contributed by atoms with E-state index in [1.807, 2.05) is 0 Å². The van der Waals surface area contributed by atoms with Crippen LogP contribution in [0.2, 0.25) is 5.15 Å². The molecule has 1 aromatic rings. The molecular weight excluding hydrogens is 286 g/mol. The molecule has 0 amide bonds. The Morgan fingerprint density at radius 2 is 2.26 bits per heavy atom. The fraction of sp³-hybridized carbons (Fsp3) is 0.400. The minimum atomic E-state index is -2.94. The van der Waals surface area contributed by atoms with Gasteiger partial charge in [-0.2, -0.15) is 0 Å². The highest BCUT2D eigenvalue weighted by Crippen LogP contribution is 2.30. The lowest BCUT2D eigenvalue weighted by Crippen LogP contribution is -2.11. The quantitative estimate of drug-likeness (QED) is 0.361. The number of esters is 1. The third-order valence-corrected chi connectivity index (χ3v) is 2.41. The normalized spacial score (nSPS) is 10.6. The van der Waals surface area contributed by atoms with Gasteiger partial charge in [-0.25, -0.2) is 8.78 Å². The number of nitro groups is 1. The van der Waals surface area contributed by atoms with Gasteiger partial charge in [0.05, 0.1) is 24.2 Å². The van der Waals surface area contributed by atoms with Crippen molar-refractivity contribution in [3.05, 3.63) is 32.5 Å². The number of nitrogens with zero attached hydrogens (tertiary/aromatic N) is 2. The molecule has 1 aromatic heterocycles. The summed E-state index contributed by atoms with van der Waals surface area (Å²) in [6, 6.07) is 0.801. The molecule has 0 saturated heterocycles. The molecule has 0 aliphatic rings. The van der Waals surface area contributed by atoms with Gasteiger partial charge in [-0.3, -0.25) is 4.79 Å². The van der Waals surface area contributed by atoms with Gasteiger partial charge in [0.2, 0.25) is 0 Å². The van der Waals surface area contributed by atoms with E-state index in [4.69, 9.17) is 11.6 Å². The zero-order valence-corrected chi connectivity index (χ0v) is 10.5. The summed E-state index contributed by atoms with van der Waals surface area (Å²) in [5.41, 5.74) is -0.922. The van der Waals surface area contributed by atoms with Crippen LogP contribution in [-0.2, 0) is 16.0 Å². The van der Waals surface area contributed by atoms with Crippen molar-refractivity contribution in [2.75, 3.05) is 6.61 Å². The molecule has 9 heteroatoms. The Morgan fingerprint density at radius 1 is 1.63 bits per heavy atom. The first kappa shape index (κ1) is 15.2. The van der Waals surface area contributed by atoms with Crippen molar-refractivity contribution in [2.45, 2.75) is 19.8 Å². The molecule has 0 radical (unpaired) electrons. The number of halogens is 3. The predicted octanol–water partition coefficient (Wildman–Crippen LogP) is 2.69. The predicted molar refractivity (Wildman–Crippen MR) is 61.2 cm³/mol. The van der Waals surface area contributed by atoms with Crippen LogP contribution in [0, 0.1) is 10.1 Å². The standard InChI is InChI=1S/C10H9ClF2N2O4/c1-2-19-7(16)4-5-3-6(9(12)13)8(11)14-10(5)15(17)18/h3,9H,2,4H2,1H3. The minimum absolute atomic E-state index is 0.0787. The fourth-order valence-corrected chi connectivity index (χ4v) is 1.57. The maximum absolute atomic E-state index is 12.6. The van der Waals surface area contributed by atoms with Gasteiger partial charge >= 0.3 is 11.8 Å². The van der Waals surface area contributed by atoms with Gasteiger partial charge in [0, 0.05) is 0 Å². The third kappa shape index (κ3) is 3.82. The first-order chi connectivity index (χ1) is 8.86. The Hall–Kier alpha value is -1.83. The summed E-state index contributed by atoms with van der Waals surface area (Å²) >= 11 is 5.43. The van der Waals surface area contributed by atoms with E-state index >= 15 is 0 Å². The fourth-order valence-electron chi connectivity index (χ4n) is 1.35. The van der Waals surface area contributed by atoms with Crippen LogP contribution in [0.3, 0.4) is 0 Å². The number of alkyl halides is 2. The van der Waals surface area contributed by atoms with E-state index in [0.717, 1.165) is 6.07 Å². The van der Waals surface area contributed by atoms with Gasteiger partial charge in [0.25, 0.3) is 11.6 Å². The second-order valence-corrected chi connectivity index (χ2v) is 3.75. The van der Waals surface area contributed by atoms with Crippen molar-refractivity contribution in [3.63, 3.8) is 0 Å². The molecule has 1 heterocycles. The van der Waals surface area contributed by atoms with Gasteiger partial charge in [-0.05, 0) is 34.5 Å². The van der Waals surface area contributed by atoms with Crippen LogP contribution in [0.15, 0.2) is 6.07 Å². The van der Waals surface area contributed by atoms with E-state index in [9.17, 15) is 23.7 Å². The van der Waals surface area contributed by atoms with E-state index in [-0.39, 0.29) is 12.2 Å². The first-order valence-electron chi connectivity index (χ1n) is 5.14. The van der Waals surface area contributed by atoms with Crippen molar-refractivity contribution in [1.82, 2.24) is 4.98 Å². The molecule has 6 nitrogen and oxygen atoms in total. The van der Waals surface area contributed by atoms with Crippen LogP contribution in [0.5, 0.6) is 0 Å². The average Bonchev–Trinajstić information content (AvgIpc) is 2.30. The average molecular weight is 295 g/mol. The topological polar surface area (TPSA) is 82.3 Å². The van der Waals surface area contributed by atoms with Crippen LogP contribution < -0.4 is 0 Å². The zero-order valence-electron chi connectivity index (χ0n) is 9.73. The van der Waals surface area contributed by atoms with Gasteiger partial charge in [-0.15, -0.1) is 0 Å². The van der Waals surface area contributed by atoms with E-state index in [0.29, 0.717) is 0 Å². The number of ether oxygens (including phenoxy) is 1. The molecule has 0 atom stereocenters. The van der Waals surface area contributed by atoms with E-state index in [2.05, 4.69) is 9.72 Å². The molecule has 0 spiro atoms. The number of carbonyl (C=O) groups is 1. The summed E-state index contributed by atoms with van der Waals surface area (Å²) in [6.45, 7) is 1.63. The highest BCUT2D eigenvalue weighted by Gasteiger charge is 2.26. The van der Waals surface area contributed by atoms with Crippen LogP contribution in [0.4, 0.5) is 14.6 Å². The molecule has 0 aromatic carbocycles. The number of hydrogen-bond acceptors (Lipinski definition) is 5. The van der Waals surface area contributed by atoms with Crippen molar-refractivity contribution in [3.8, 4) is 0 Å². The monoisotopic (exact) mass is 294 g/mol. The Bertz CT molecular complexity index is 511. The summed E-state index contributed by atoms with van der Waals surface area (Å²) in [4.78, 5) is 24.4. The van der Waals surface area contributed by atoms with E-state index in [1.165, 1.54) is 0 Å².